The summed E-state index contributed by atoms with van der Waals surface area (Å²) in [4.78, 5) is 0. The molecule has 0 spiro atoms. The van der Waals surface area contributed by atoms with E-state index in [4.69, 9.17) is 5.11 Å². The molecule has 1 unspecified atom stereocenters. The molecule has 1 aromatic carbocycles. The van der Waals surface area contributed by atoms with Gasteiger partial charge in [0, 0.05) is 0 Å². The predicted molar refractivity (Wildman–Crippen MR) is 46.1 cm³/mol. The maximum absolute atomic E-state index is 12.1. The average Bonchev–Trinajstić information content (AvgIpc) is 2.14. The molecular weight excluding hydrogens is 272 g/mol. The number of rotatable bonds is 2. The van der Waals surface area contributed by atoms with E-state index < -0.39 is 32.9 Å². The molecule has 9 heteroatoms. The van der Waals surface area contributed by atoms with E-state index in [1.54, 1.807) is 0 Å². The van der Waals surface area contributed by atoms with E-state index >= 15 is 0 Å². The standard InChI is InChI=1S/C8H7F3O4S.Na/c9-8(10,11)6-3-1-5(2-4-6)7(12)16(13,14)15;/h1-4,7,12H,(H,13,14,15);/q;+1/p-1. The van der Waals surface area contributed by atoms with Crippen LogP contribution in [0.3, 0.4) is 0 Å². The van der Waals surface area contributed by atoms with Crippen molar-refractivity contribution in [2.45, 2.75) is 11.6 Å². The minimum absolute atomic E-state index is 0. The fourth-order valence-electron chi connectivity index (χ4n) is 1.00. The molecule has 0 radical (unpaired) electrons. The van der Waals surface area contributed by atoms with Gasteiger partial charge >= 0.3 is 35.7 Å². The molecule has 0 saturated carbocycles. The zero-order chi connectivity index (χ0) is 12.6. The van der Waals surface area contributed by atoms with Crippen LogP contribution < -0.4 is 29.6 Å². The van der Waals surface area contributed by atoms with Crippen molar-refractivity contribution in [1.29, 1.82) is 0 Å². The third kappa shape index (κ3) is 4.57. The van der Waals surface area contributed by atoms with Gasteiger partial charge in [-0.2, -0.15) is 13.2 Å². The van der Waals surface area contributed by atoms with Gasteiger partial charge in [0.25, 0.3) is 0 Å². The van der Waals surface area contributed by atoms with Crippen molar-refractivity contribution >= 4 is 10.1 Å². The van der Waals surface area contributed by atoms with Crippen molar-refractivity contribution < 1.29 is 60.8 Å². The Labute approximate surface area is 117 Å². The van der Waals surface area contributed by atoms with Gasteiger partial charge in [-0.15, -0.1) is 0 Å². The Morgan fingerprint density at radius 3 is 1.88 bits per heavy atom. The van der Waals surface area contributed by atoms with E-state index in [1.807, 2.05) is 0 Å². The number of aliphatic hydroxyl groups is 1. The maximum atomic E-state index is 12.1. The first-order chi connectivity index (χ1) is 7.12. The smallest absolute Gasteiger partial charge is 0.746 e. The summed E-state index contributed by atoms with van der Waals surface area (Å²) in [5.74, 6) is 0. The fourth-order valence-corrected chi connectivity index (χ4v) is 1.49. The first kappa shape index (κ1) is 16.9. The zero-order valence-electron chi connectivity index (χ0n) is 8.60. The van der Waals surface area contributed by atoms with Gasteiger partial charge in [0.1, 0.15) is 10.1 Å². The second-order valence-electron chi connectivity index (χ2n) is 2.96. The third-order valence-corrected chi connectivity index (χ3v) is 2.62. The van der Waals surface area contributed by atoms with E-state index in [9.17, 15) is 26.1 Å². The minimum atomic E-state index is -4.98. The second kappa shape index (κ2) is 5.68. The topological polar surface area (TPSA) is 77.4 Å². The Morgan fingerprint density at radius 2 is 1.59 bits per heavy atom. The quantitative estimate of drug-likeness (QED) is 0.514. The van der Waals surface area contributed by atoms with E-state index in [0.717, 1.165) is 12.1 Å². The van der Waals surface area contributed by atoms with Gasteiger partial charge in [-0.3, -0.25) is 0 Å². The van der Waals surface area contributed by atoms with Crippen molar-refractivity contribution in [2.24, 2.45) is 0 Å². The number of hydrogen-bond acceptors (Lipinski definition) is 4. The molecule has 1 rings (SSSR count). The van der Waals surface area contributed by atoms with Gasteiger partial charge in [-0.1, -0.05) is 12.1 Å². The van der Waals surface area contributed by atoms with Crippen molar-refractivity contribution in [3.8, 4) is 0 Å². The zero-order valence-corrected chi connectivity index (χ0v) is 11.4. The number of benzene rings is 1. The number of halogens is 3. The molecule has 0 saturated heterocycles. The Kier molecular flexibility index (Phi) is 5.64. The fraction of sp³-hybridized carbons (Fsp3) is 0.250. The van der Waals surface area contributed by atoms with Crippen LogP contribution in [0.4, 0.5) is 13.2 Å². The second-order valence-corrected chi connectivity index (χ2v) is 4.40. The van der Waals surface area contributed by atoms with E-state index in [0.29, 0.717) is 12.1 Å². The van der Waals surface area contributed by atoms with Crippen LogP contribution in [0.5, 0.6) is 0 Å². The van der Waals surface area contributed by atoms with Crippen molar-refractivity contribution in [1.82, 2.24) is 0 Å². The van der Waals surface area contributed by atoms with E-state index in [2.05, 4.69) is 0 Å². The number of alkyl halides is 3. The molecule has 90 valence electrons. The molecule has 0 aliphatic heterocycles. The molecule has 1 aromatic rings. The molecule has 0 aliphatic carbocycles. The minimum Gasteiger partial charge on any atom is -0.746 e. The van der Waals surface area contributed by atoms with Gasteiger partial charge in [-0.25, -0.2) is 8.42 Å². The summed E-state index contributed by atoms with van der Waals surface area (Å²) in [6, 6.07) is 2.65. The third-order valence-electron chi connectivity index (χ3n) is 1.80. The first-order valence-electron chi connectivity index (χ1n) is 3.92. The summed E-state index contributed by atoms with van der Waals surface area (Å²) in [5, 5.41) is 8.97. The molecule has 17 heavy (non-hydrogen) atoms. The van der Waals surface area contributed by atoms with Gasteiger partial charge in [0.15, 0.2) is 5.44 Å². The van der Waals surface area contributed by atoms with Gasteiger partial charge in [0.2, 0.25) is 0 Å². The van der Waals surface area contributed by atoms with Crippen molar-refractivity contribution in [3.63, 3.8) is 0 Å². The predicted octanol–water partition coefficient (Wildman–Crippen LogP) is -1.75. The van der Waals surface area contributed by atoms with Crippen molar-refractivity contribution in [2.75, 3.05) is 0 Å². The normalized spacial score (nSPS) is 13.9. The van der Waals surface area contributed by atoms with Crippen LogP contribution in [-0.4, -0.2) is 18.1 Å². The molecule has 1 N–H and O–H groups in total. The van der Waals surface area contributed by atoms with E-state index in [-0.39, 0.29) is 29.6 Å². The van der Waals surface area contributed by atoms with E-state index in [1.165, 1.54) is 0 Å². The van der Waals surface area contributed by atoms with Crippen LogP contribution >= 0.6 is 0 Å². The molecule has 0 aliphatic rings. The van der Waals surface area contributed by atoms with Gasteiger partial charge < -0.3 is 9.66 Å². The Hall–Kier alpha value is -0.120. The molecule has 4 nitrogen and oxygen atoms in total. The monoisotopic (exact) mass is 278 g/mol. The Bertz CT molecular complexity index is 469. The molecule has 0 amide bonds. The Morgan fingerprint density at radius 1 is 1.18 bits per heavy atom. The van der Waals surface area contributed by atoms with Crippen LogP contribution in [0.15, 0.2) is 24.3 Å². The molecule has 0 aromatic heterocycles. The maximum Gasteiger partial charge on any atom is 1.00 e. The molecule has 0 fully saturated rings. The van der Waals surface area contributed by atoms with Crippen molar-refractivity contribution in [3.05, 3.63) is 35.4 Å². The molecule has 1 atom stereocenters. The van der Waals surface area contributed by atoms with Crippen LogP contribution in [0.2, 0.25) is 0 Å². The number of aliphatic hydroxyl groups excluding tert-OH is 1. The van der Waals surface area contributed by atoms with Gasteiger partial charge in [-0.05, 0) is 17.7 Å². The largest absolute Gasteiger partial charge is 1.00 e. The average molecular weight is 278 g/mol. The SMILES string of the molecule is O=S(=O)([O-])C(O)c1ccc(C(F)(F)F)cc1.[Na+]. The van der Waals surface area contributed by atoms with Crippen LogP contribution in [0, 0.1) is 0 Å². The van der Waals surface area contributed by atoms with Crippen LogP contribution in [0.1, 0.15) is 16.6 Å². The summed E-state index contributed by atoms with van der Waals surface area (Å²) in [5.41, 5.74) is -3.75. The summed E-state index contributed by atoms with van der Waals surface area (Å²) in [7, 11) is -4.98. The summed E-state index contributed by atoms with van der Waals surface area (Å²) in [6.07, 6.45) is -4.56. The van der Waals surface area contributed by atoms with Crippen LogP contribution in [0.25, 0.3) is 0 Å². The Balaban J connectivity index is 0.00000256. The molecular formula is C8H6F3NaO4S. The summed E-state index contributed by atoms with van der Waals surface area (Å²) >= 11 is 0. The van der Waals surface area contributed by atoms with Crippen LogP contribution in [-0.2, 0) is 16.3 Å². The summed E-state index contributed by atoms with van der Waals surface area (Å²) in [6.45, 7) is 0. The molecule has 0 bridgehead atoms. The summed E-state index contributed by atoms with van der Waals surface area (Å²) < 4.78 is 67.5. The van der Waals surface area contributed by atoms with Gasteiger partial charge in [0.05, 0.1) is 5.56 Å². The first-order valence-corrected chi connectivity index (χ1v) is 5.39. The number of hydrogen-bond donors (Lipinski definition) is 1. The molecule has 0 heterocycles.